The molecule has 1 aromatic carbocycles. The Labute approximate surface area is 181 Å². The first-order valence-electron chi connectivity index (χ1n) is 10.5. The number of amides is 2. The van der Waals surface area contributed by atoms with Crippen LogP contribution in [0.1, 0.15) is 47.6 Å². The molecule has 2 heterocycles. The van der Waals surface area contributed by atoms with Crippen molar-refractivity contribution in [1.82, 2.24) is 14.7 Å². The van der Waals surface area contributed by atoms with E-state index >= 15 is 0 Å². The molecule has 4 rings (SSSR count). The van der Waals surface area contributed by atoms with Crippen LogP contribution in [0.25, 0.3) is 11.3 Å². The topological polar surface area (TPSA) is 116 Å². The van der Waals surface area contributed by atoms with E-state index in [1.165, 1.54) is 6.08 Å². The summed E-state index contributed by atoms with van der Waals surface area (Å²) >= 11 is 0. The van der Waals surface area contributed by atoms with E-state index in [0.717, 1.165) is 49.9 Å². The molecule has 2 fully saturated rings. The SMILES string of the molecule is C=CC(=O)N1CCC[C@]2(C1)C[C@H](n1nc(-c3ccc(COC)cc3)c(C(N)=O)c1N)C2. The number of likely N-dealkylation sites (tertiary alicyclic amines) is 1. The van der Waals surface area contributed by atoms with E-state index in [-0.39, 0.29) is 22.9 Å². The minimum atomic E-state index is -0.589. The summed E-state index contributed by atoms with van der Waals surface area (Å²) in [6.45, 7) is 5.61. The maximum absolute atomic E-state index is 12.2. The van der Waals surface area contributed by atoms with E-state index in [0.29, 0.717) is 18.1 Å². The number of nitrogens with two attached hydrogens (primary N) is 2. The van der Waals surface area contributed by atoms with Gasteiger partial charge in [0.15, 0.2) is 0 Å². The summed E-state index contributed by atoms with van der Waals surface area (Å²) < 4.78 is 6.90. The predicted octanol–water partition coefficient (Wildman–Crippen LogP) is 2.51. The Morgan fingerprint density at radius 1 is 1.32 bits per heavy atom. The maximum atomic E-state index is 12.2. The van der Waals surface area contributed by atoms with E-state index in [1.54, 1.807) is 11.8 Å². The number of piperidine rings is 1. The highest BCUT2D eigenvalue weighted by Crippen LogP contribution is 2.54. The second-order valence-corrected chi connectivity index (χ2v) is 8.68. The number of benzene rings is 1. The van der Waals surface area contributed by atoms with Crippen LogP contribution in [-0.4, -0.2) is 46.7 Å². The van der Waals surface area contributed by atoms with Gasteiger partial charge < -0.3 is 21.1 Å². The van der Waals surface area contributed by atoms with Crippen LogP contribution in [0.15, 0.2) is 36.9 Å². The molecule has 0 bridgehead atoms. The summed E-state index contributed by atoms with van der Waals surface area (Å²) in [4.78, 5) is 26.1. The number of hydrogen-bond acceptors (Lipinski definition) is 5. The maximum Gasteiger partial charge on any atom is 0.254 e. The van der Waals surface area contributed by atoms with Gasteiger partial charge in [0.25, 0.3) is 5.91 Å². The standard InChI is InChI=1S/C23H29N5O3/c1-3-18(29)27-10-4-9-23(14-27)11-17(12-23)28-21(24)19(22(25)30)20(26-28)16-7-5-15(6-8-16)13-31-2/h3,5-8,17H,1,4,9-14,24H2,2H3,(H2,25,30)/t17-,23-. The summed E-state index contributed by atoms with van der Waals surface area (Å²) in [5.41, 5.74) is 14.7. The van der Waals surface area contributed by atoms with Crippen molar-refractivity contribution in [3.63, 3.8) is 0 Å². The fraction of sp³-hybridized carbons (Fsp3) is 0.435. The lowest BCUT2D eigenvalue weighted by Gasteiger charge is -2.52. The average molecular weight is 424 g/mol. The molecule has 0 unspecified atom stereocenters. The number of methoxy groups -OCH3 is 1. The molecular weight excluding hydrogens is 394 g/mol. The van der Waals surface area contributed by atoms with Gasteiger partial charge in [0.1, 0.15) is 17.1 Å². The fourth-order valence-corrected chi connectivity index (χ4v) is 5.07. The van der Waals surface area contributed by atoms with Gasteiger partial charge in [0.05, 0.1) is 12.6 Å². The number of anilines is 1. The minimum absolute atomic E-state index is 0.0173. The van der Waals surface area contributed by atoms with Crippen molar-refractivity contribution in [2.45, 2.75) is 38.3 Å². The van der Waals surface area contributed by atoms with Gasteiger partial charge in [-0.2, -0.15) is 5.10 Å². The molecule has 8 nitrogen and oxygen atoms in total. The third-order valence-electron chi connectivity index (χ3n) is 6.56. The minimum Gasteiger partial charge on any atom is -0.383 e. The van der Waals surface area contributed by atoms with Gasteiger partial charge in [-0.15, -0.1) is 0 Å². The summed E-state index contributed by atoms with van der Waals surface area (Å²) in [5, 5.41) is 4.71. The van der Waals surface area contributed by atoms with Crippen molar-refractivity contribution in [3.8, 4) is 11.3 Å². The number of ether oxygens (including phenoxy) is 1. The lowest BCUT2D eigenvalue weighted by atomic mass is 9.61. The Bertz CT molecular complexity index is 1000. The van der Waals surface area contributed by atoms with Crippen LogP contribution in [0, 0.1) is 5.41 Å². The van der Waals surface area contributed by atoms with Gasteiger partial charge in [-0.1, -0.05) is 30.8 Å². The third-order valence-corrected chi connectivity index (χ3v) is 6.56. The number of carbonyl (C=O) groups excluding carboxylic acids is 2. The molecule has 4 N–H and O–H groups in total. The van der Waals surface area contributed by atoms with Gasteiger partial charge in [-0.25, -0.2) is 4.68 Å². The number of hydrogen-bond donors (Lipinski definition) is 2. The first-order valence-corrected chi connectivity index (χ1v) is 10.5. The predicted molar refractivity (Wildman–Crippen MR) is 118 cm³/mol. The molecule has 2 amide bonds. The van der Waals surface area contributed by atoms with Crippen LogP contribution >= 0.6 is 0 Å². The van der Waals surface area contributed by atoms with Crippen LogP contribution in [-0.2, 0) is 16.1 Å². The number of rotatable bonds is 6. The lowest BCUT2D eigenvalue weighted by Crippen LogP contribution is -2.52. The summed E-state index contributed by atoms with van der Waals surface area (Å²) in [6, 6.07) is 7.75. The normalized spacial score (nSPS) is 22.9. The molecule has 31 heavy (non-hydrogen) atoms. The van der Waals surface area contributed by atoms with Crippen molar-refractivity contribution >= 4 is 17.6 Å². The summed E-state index contributed by atoms with van der Waals surface area (Å²) in [5.74, 6) is -0.302. The number of nitrogens with zero attached hydrogens (tertiary/aromatic N) is 3. The summed E-state index contributed by atoms with van der Waals surface area (Å²) in [7, 11) is 1.64. The average Bonchev–Trinajstić information content (AvgIpc) is 3.09. The molecule has 1 aromatic heterocycles. The van der Waals surface area contributed by atoms with Crippen molar-refractivity contribution in [2.24, 2.45) is 11.1 Å². The zero-order chi connectivity index (χ0) is 22.2. The molecule has 1 saturated heterocycles. The van der Waals surface area contributed by atoms with Gasteiger partial charge in [0, 0.05) is 25.8 Å². The zero-order valence-electron chi connectivity index (χ0n) is 17.8. The van der Waals surface area contributed by atoms with Crippen molar-refractivity contribution in [1.29, 1.82) is 0 Å². The number of aromatic nitrogens is 2. The summed E-state index contributed by atoms with van der Waals surface area (Å²) in [6.07, 6.45) is 5.16. The second-order valence-electron chi connectivity index (χ2n) is 8.68. The van der Waals surface area contributed by atoms with E-state index in [4.69, 9.17) is 21.3 Å². The van der Waals surface area contributed by atoms with Crippen LogP contribution in [0.4, 0.5) is 5.82 Å². The van der Waals surface area contributed by atoms with Crippen molar-refractivity contribution < 1.29 is 14.3 Å². The van der Waals surface area contributed by atoms with Gasteiger partial charge in [-0.05, 0) is 42.7 Å². The molecule has 2 aromatic rings. The van der Waals surface area contributed by atoms with Crippen LogP contribution in [0.5, 0.6) is 0 Å². The molecule has 2 aliphatic rings. The first-order chi connectivity index (χ1) is 14.9. The van der Waals surface area contributed by atoms with E-state index in [1.807, 2.05) is 29.2 Å². The van der Waals surface area contributed by atoms with Crippen LogP contribution in [0.3, 0.4) is 0 Å². The Morgan fingerprint density at radius 3 is 2.65 bits per heavy atom. The van der Waals surface area contributed by atoms with Gasteiger partial charge in [0.2, 0.25) is 5.91 Å². The largest absolute Gasteiger partial charge is 0.383 e. The van der Waals surface area contributed by atoms with Gasteiger partial charge >= 0.3 is 0 Å². The molecule has 0 radical (unpaired) electrons. The number of carbonyl (C=O) groups is 2. The Balaban J connectivity index is 1.58. The molecule has 164 valence electrons. The second kappa shape index (κ2) is 8.19. The smallest absolute Gasteiger partial charge is 0.254 e. The van der Waals surface area contributed by atoms with E-state index < -0.39 is 5.91 Å². The fourth-order valence-electron chi connectivity index (χ4n) is 5.07. The number of primary amides is 1. The Kier molecular flexibility index (Phi) is 5.58. The molecule has 1 aliphatic heterocycles. The van der Waals surface area contributed by atoms with E-state index in [2.05, 4.69) is 6.58 Å². The van der Waals surface area contributed by atoms with Crippen molar-refractivity contribution in [3.05, 3.63) is 48.0 Å². The Morgan fingerprint density at radius 2 is 2.03 bits per heavy atom. The Hall–Kier alpha value is -3.13. The first kappa shape index (κ1) is 21.1. The lowest BCUT2D eigenvalue weighted by molar-refractivity contribution is -0.132. The molecule has 1 spiro atoms. The quantitative estimate of drug-likeness (QED) is 0.693. The zero-order valence-corrected chi connectivity index (χ0v) is 17.8. The highest BCUT2D eigenvalue weighted by Gasteiger charge is 2.49. The molecule has 8 heteroatoms. The molecular formula is C23H29N5O3. The highest BCUT2D eigenvalue weighted by molar-refractivity contribution is 6.03. The van der Waals surface area contributed by atoms with Crippen LogP contribution in [0.2, 0.25) is 0 Å². The molecule has 1 saturated carbocycles. The highest BCUT2D eigenvalue weighted by atomic mass is 16.5. The van der Waals surface area contributed by atoms with Crippen LogP contribution < -0.4 is 11.5 Å². The molecule has 1 aliphatic carbocycles. The third kappa shape index (κ3) is 3.83. The van der Waals surface area contributed by atoms with Gasteiger partial charge in [-0.3, -0.25) is 9.59 Å². The number of nitrogen functional groups attached to an aromatic ring is 1. The van der Waals surface area contributed by atoms with Crippen molar-refractivity contribution in [2.75, 3.05) is 25.9 Å². The monoisotopic (exact) mass is 423 g/mol. The molecule has 0 atom stereocenters. The van der Waals surface area contributed by atoms with E-state index in [9.17, 15) is 9.59 Å².